The topological polar surface area (TPSA) is 55.8 Å². The van der Waals surface area contributed by atoms with Crippen LogP contribution in [0.1, 0.15) is 65.4 Å². The minimum absolute atomic E-state index is 0.252. The van der Waals surface area contributed by atoms with E-state index in [1.54, 1.807) is 13.8 Å². The lowest BCUT2D eigenvalue weighted by molar-refractivity contribution is 0.141. The van der Waals surface area contributed by atoms with Gasteiger partial charge in [-0.05, 0) is 82.9 Å². The molecule has 5 nitrogen and oxygen atoms in total. The molecule has 0 bridgehead atoms. The van der Waals surface area contributed by atoms with E-state index in [1.165, 1.54) is 30.5 Å². The molecule has 0 atom stereocenters. The van der Waals surface area contributed by atoms with Gasteiger partial charge in [-0.25, -0.2) is 8.42 Å². The Hall–Kier alpha value is -1.11. The van der Waals surface area contributed by atoms with Gasteiger partial charge in [0.1, 0.15) is 0 Å². The van der Waals surface area contributed by atoms with E-state index < -0.39 is 9.84 Å². The molecule has 0 aromatic heterocycles. The third kappa shape index (κ3) is 9.40. The molecule has 0 spiro atoms. The van der Waals surface area contributed by atoms with Crippen molar-refractivity contribution in [2.24, 2.45) is 11.8 Å². The first-order valence-corrected chi connectivity index (χ1v) is 14.3. The largest absolute Gasteiger partial charge is 0.380 e. The second-order valence-electron chi connectivity index (χ2n) is 9.35. The van der Waals surface area contributed by atoms with Crippen LogP contribution in [-0.4, -0.2) is 58.9 Å². The van der Waals surface area contributed by atoms with E-state index in [0.29, 0.717) is 11.7 Å². The van der Waals surface area contributed by atoms with E-state index in [1.807, 2.05) is 13.8 Å². The average Bonchev–Trinajstić information content (AvgIpc) is 2.78. The zero-order valence-corrected chi connectivity index (χ0v) is 21.5. The summed E-state index contributed by atoms with van der Waals surface area (Å²) in [6.07, 6.45) is 6.74. The summed E-state index contributed by atoms with van der Waals surface area (Å²) in [5, 5.41) is -0.252. The highest BCUT2D eigenvalue weighted by molar-refractivity contribution is 7.91. The van der Waals surface area contributed by atoms with Gasteiger partial charge in [-0.2, -0.15) is 0 Å². The lowest BCUT2D eigenvalue weighted by Gasteiger charge is -2.29. The smallest absolute Gasteiger partial charge is 0.152 e. The molecule has 1 aliphatic carbocycles. The number of nitrogens with zero attached hydrogens (tertiary/aromatic N) is 1. The molecule has 1 aliphatic rings. The molecule has 0 aliphatic heterocycles. The van der Waals surface area contributed by atoms with E-state index in [2.05, 4.69) is 29.2 Å². The Labute approximate surface area is 196 Å². The van der Waals surface area contributed by atoms with Gasteiger partial charge in [-0.15, -0.1) is 0 Å². The van der Waals surface area contributed by atoms with Gasteiger partial charge < -0.3 is 14.4 Å². The maximum absolute atomic E-state index is 12.2. The van der Waals surface area contributed by atoms with Crippen molar-refractivity contribution in [2.45, 2.75) is 71.5 Å². The quantitative estimate of drug-likeness (QED) is 0.335. The summed E-state index contributed by atoms with van der Waals surface area (Å²) in [7, 11) is -2.92. The predicted molar refractivity (Wildman–Crippen MR) is 134 cm³/mol. The van der Waals surface area contributed by atoms with Crippen molar-refractivity contribution in [3.05, 3.63) is 29.8 Å². The minimum Gasteiger partial charge on any atom is -0.380 e. The molecule has 1 aromatic rings. The zero-order valence-electron chi connectivity index (χ0n) is 20.7. The first-order chi connectivity index (χ1) is 15.4. The standard InChI is InChI=1S/C26H45NO4S/c1-5-30-19-17-27(18-20-31-6-2)26-15-13-24(14-16-26)8-7-23-9-11-25(12-10-23)21-32(28,29)22(3)4/h13-16,22-23,25H,5-12,17-21H2,1-4H3. The maximum Gasteiger partial charge on any atom is 0.152 e. The second kappa shape index (κ2) is 14.2. The summed E-state index contributed by atoms with van der Waals surface area (Å²) in [5.41, 5.74) is 2.60. The van der Waals surface area contributed by atoms with E-state index in [-0.39, 0.29) is 5.25 Å². The number of hydrogen-bond acceptors (Lipinski definition) is 5. The molecule has 0 N–H and O–H groups in total. The first-order valence-electron chi connectivity index (χ1n) is 12.6. The Kier molecular flexibility index (Phi) is 12.1. The molecule has 1 saturated carbocycles. The van der Waals surface area contributed by atoms with Gasteiger partial charge in [0.25, 0.3) is 0 Å². The molecule has 0 saturated heterocycles. The van der Waals surface area contributed by atoms with Crippen molar-refractivity contribution in [3.63, 3.8) is 0 Å². The highest BCUT2D eigenvalue weighted by atomic mass is 32.2. The van der Waals surface area contributed by atoms with Crippen LogP contribution in [0.3, 0.4) is 0 Å². The van der Waals surface area contributed by atoms with Gasteiger partial charge in [0.2, 0.25) is 0 Å². The van der Waals surface area contributed by atoms with Crippen molar-refractivity contribution < 1.29 is 17.9 Å². The van der Waals surface area contributed by atoms with Crippen molar-refractivity contribution >= 4 is 15.5 Å². The Balaban J connectivity index is 1.79. The number of hydrogen-bond donors (Lipinski definition) is 0. The number of aryl methyl sites for hydroxylation is 1. The third-order valence-electron chi connectivity index (χ3n) is 6.71. The first kappa shape index (κ1) is 27.1. The predicted octanol–water partition coefficient (Wildman–Crippen LogP) is 5.13. The van der Waals surface area contributed by atoms with Crippen LogP contribution < -0.4 is 4.90 Å². The highest BCUT2D eigenvalue weighted by Crippen LogP contribution is 2.33. The molecule has 184 valence electrons. The van der Waals surface area contributed by atoms with E-state index in [0.717, 1.165) is 64.7 Å². The van der Waals surface area contributed by atoms with Crippen molar-refractivity contribution in [3.8, 4) is 0 Å². The Bertz CT molecular complexity index is 715. The fourth-order valence-electron chi connectivity index (χ4n) is 4.46. The van der Waals surface area contributed by atoms with Crippen LogP contribution >= 0.6 is 0 Å². The lowest BCUT2D eigenvalue weighted by atomic mass is 9.80. The summed E-state index contributed by atoms with van der Waals surface area (Å²) in [6, 6.07) is 8.96. The third-order valence-corrected chi connectivity index (χ3v) is 9.09. The van der Waals surface area contributed by atoms with Gasteiger partial charge in [-0.1, -0.05) is 25.0 Å². The second-order valence-corrected chi connectivity index (χ2v) is 12.0. The fourth-order valence-corrected chi connectivity index (χ4v) is 5.84. The molecular weight excluding hydrogens is 422 g/mol. The van der Waals surface area contributed by atoms with Gasteiger partial charge in [0, 0.05) is 32.0 Å². The van der Waals surface area contributed by atoms with Crippen LogP contribution in [0.2, 0.25) is 0 Å². The van der Waals surface area contributed by atoms with Crippen molar-refractivity contribution in [1.82, 2.24) is 0 Å². The molecular formula is C26H45NO4S. The van der Waals surface area contributed by atoms with Gasteiger partial charge >= 0.3 is 0 Å². The van der Waals surface area contributed by atoms with Gasteiger partial charge in [0.05, 0.1) is 24.2 Å². The summed E-state index contributed by atoms with van der Waals surface area (Å²) in [4.78, 5) is 2.33. The van der Waals surface area contributed by atoms with Crippen LogP contribution in [-0.2, 0) is 25.7 Å². The molecule has 2 rings (SSSR count). The minimum atomic E-state index is -2.92. The zero-order chi connectivity index (χ0) is 23.4. The molecule has 0 unspecified atom stereocenters. The number of benzene rings is 1. The van der Waals surface area contributed by atoms with Crippen LogP contribution in [0, 0.1) is 11.8 Å². The van der Waals surface area contributed by atoms with Crippen LogP contribution in [0.15, 0.2) is 24.3 Å². The number of sulfone groups is 1. The lowest BCUT2D eigenvalue weighted by Crippen LogP contribution is -2.31. The van der Waals surface area contributed by atoms with E-state index in [4.69, 9.17) is 9.47 Å². The van der Waals surface area contributed by atoms with Crippen molar-refractivity contribution in [1.29, 1.82) is 0 Å². The van der Waals surface area contributed by atoms with Crippen molar-refractivity contribution in [2.75, 3.05) is 50.2 Å². The summed E-state index contributed by atoms with van der Waals surface area (Å²) < 4.78 is 35.5. The van der Waals surface area contributed by atoms with E-state index in [9.17, 15) is 8.42 Å². The molecule has 1 aromatic carbocycles. The van der Waals surface area contributed by atoms with E-state index >= 15 is 0 Å². The molecule has 32 heavy (non-hydrogen) atoms. The number of ether oxygens (including phenoxy) is 2. The van der Waals surface area contributed by atoms with Crippen LogP contribution in [0.25, 0.3) is 0 Å². The Morgan fingerprint density at radius 1 is 0.906 bits per heavy atom. The van der Waals surface area contributed by atoms with Gasteiger partial charge in [0.15, 0.2) is 9.84 Å². The number of rotatable bonds is 15. The van der Waals surface area contributed by atoms with Gasteiger partial charge in [-0.3, -0.25) is 0 Å². The summed E-state index contributed by atoms with van der Waals surface area (Å²) >= 11 is 0. The Morgan fingerprint density at radius 2 is 1.44 bits per heavy atom. The monoisotopic (exact) mass is 467 g/mol. The van der Waals surface area contributed by atoms with Crippen LogP contribution in [0.4, 0.5) is 5.69 Å². The Morgan fingerprint density at radius 3 is 1.94 bits per heavy atom. The molecule has 1 fully saturated rings. The fraction of sp³-hybridized carbons (Fsp3) is 0.769. The summed E-state index contributed by atoms with van der Waals surface area (Å²) in [6.45, 7) is 12.3. The molecule has 0 heterocycles. The summed E-state index contributed by atoms with van der Waals surface area (Å²) in [5.74, 6) is 1.46. The maximum atomic E-state index is 12.2. The molecule has 0 radical (unpaired) electrons. The average molecular weight is 468 g/mol. The molecule has 6 heteroatoms. The SMILES string of the molecule is CCOCCN(CCOCC)c1ccc(CCC2CCC(CS(=O)(=O)C(C)C)CC2)cc1. The number of anilines is 1. The molecule has 0 amide bonds. The van der Waals surface area contributed by atoms with Crippen LogP contribution in [0.5, 0.6) is 0 Å². The normalized spacial score (nSPS) is 19.4. The highest BCUT2D eigenvalue weighted by Gasteiger charge is 2.27.